The van der Waals surface area contributed by atoms with Crippen molar-refractivity contribution in [3.63, 3.8) is 0 Å². The second-order valence-corrected chi connectivity index (χ2v) is 4.61. The molecule has 0 aliphatic rings. The summed E-state index contributed by atoms with van der Waals surface area (Å²) in [6.07, 6.45) is 2.13. The van der Waals surface area contributed by atoms with E-state index in [9.17, 15) is 8.42 Å². The summed E-state index contributed by atoms with van der Waals surface area (Å²) in [6, 6.07) is 0. The predicted molar refractivity (Wildman–Crippen MR) is 48.9 cm³/mol. The number of hydrogen-bond donors (Lipinski definition) is 2. The van der Waals surface area contributed by atoms with E-state index in [1.54, 1.807) is 0 Å². The van der Waals surface area contributed by atoms with Gasteiger partial charge in [-0.25, -0.2) is 0 Å². The van der Waals surface area contributed by atoms with Gasteiger partial charge in [-0.1, -0.05) is 6.08 Å². The Hall–Kier alpha value is 0.610. The van der Waals surface area contributed by atoms with E-state index in [-0.39, 0.29) is 5.75 Å². The first-order chi connectivity index (χ1) is 5.47. The van der Waals surface area contributed by atoms with E-state index in [0.29, 0.717) is 6.61 Å². The van der Waals surface area contributed by atoms with Crippen LogP contribution in [0.4, 0.5) is 0 Å². The third kappa shape index (κ3) is 22.4. The first-order valence-electron chi connectivity index (χ1n) is 3.64. The van der Waals surface area contributed by atoms with Gasteiger partial charge in [0, 0.05) is 0 Å². The maximum absolute atomic E-state index is 9.72. The summed E-state index contributed by atoms with van der Waals surface area (Å²) in [5.74, 6) is -0.368. The second-order valence-electron chi connectivity index (χ2n) is 2.11. The Morgan fingerprint density at radius 2 is 2.00 bits per heavy atom. The topological polar surface area (TPSA) is 74.6 Å². The Labute approximate surface area is 90.8 Å². The van der Waals surface area contributed by atoms with Gasteiger partial charge in [-0.15, -0.1) is 6.58 Å². The van der Waals surface area contributed by atoms with Crippen molar-refractivity contribution in [2.45, 2.75) is 10.1 Å². The normalized spacial score (nSPS) is 10.0. The van der Waals surface area contributed by atoms with Gasteiger partial charge in [-0.2, -0.15) is 8.42 Å². The molecule has 4 nitrogen and oxygen atoms in total. The molecule has 0 unspecified atom stereocenters. The molecule has 0 aromatic rings. The SMILES string of the molecule is C=CCS(=O)(=O)O.OCC[CH2][Na]. The van der Waals surface area contributed by atoms with Crippen molar-refractivity contribution in [1.29, 1.82) is 0 Å². The van der Waals surface area contributed by atoms with Crippen LogP contribution in [0.15, 0.2) is 12.7 Å². The molecule has 0 aromatic heterocycles. The first kappa shape index (κ1) is 15.1. The van der Waals surface area contributed by atoms with Crippen molar-refractivity contribution in [1.82, 2.24) is 0 Å². The molecule has 0 radical (unpaired) electrons. The second kappa shape index (κ2) is 9.70. The van der Waals surface area contributed by atoms with Gasteiger partial charge < -0.3 is 0 Å². The number of rotatable bonds is 4. The molecule has 0 amide bonds. The van der Waals surface area contributed by atoms with Crippen molar-refractivity contribution in [2.75, 3.05) is 12.4 Å². The third-order valence-electron chi connectivity index (χ3n) is 0.840. The zero-order valence-electron chi connectivity index (χ0n) is 7.23. The molecular weight excluding hydrogens is 191 g/mol. The van der Waals surface area contributed by atoms with Gasteiger partial charge in [0.1, 0.15) is 0 Å². The summed E-state index contributed by atoms with van der Waals surface area (Å²) in [6.45, 7) is 3.49. The molecule has 0 aliphatic carbocycles. The minimum atomic E-state index is -3.79. The molecule has 68 valence electrons. The molecular formula is C6H13NaO4S. The van der Waals surface area contributed by atoms with Crippen molar-refractivity contribution >= 4 is 38.0 Å². The average Bonchev–Trinajstić information content (AvgIpc) is 1.87. The Morgan fingerprint density at radius 3 is 2.00 bits per heavy atom. The van der Waals surface area contributed by atoms with E-state index in [4.69, 9.17) is 9.66 Å². The van der Waals surface area contributed by atoms with Crippen molar-refractivity contribution in [2.24, 2.45) is 0 Å². The summed E-state index contributed by atoms with van der Waals surface area (Å²) < 4.78 is 28.6. The van der Waals surface area contributed by atoms with Gasteiger partial charge in [0.15, 0.2) is 0 Å². The first-order valence-corrected chi connectivity index (χ1v) is 6.67. The quantitative estimate of drug-likeness (QED) is 0.384. The van der Waals surface area contributed by atoms with Crippen LogP contribution in [0.25, 0.3) is 0 Å². The van der Waals surface area contributed by atoms with Crippen LogP contribution in [-0.2, 0) is 10.1 Å². The van der Waals surface area contributed by atoms with Crippen LogP contribution in [0.1, 0.15) is 6.42 Å². The zero-order valence-corrected chi connectivity index (χ0v) is 10.0. The van der Waals surface area contributed by atoms with Gasteiger partial charge in [0.05, 0.1) is 5.75 Å². The molecule has 2 N–H and O–H groups in total. The van der Waals surface area contributed by atoms with Gasteiger partial charge in [0.2, 0.25) is 0 Å². The van der Waals surface area contributed by atoms with Crippen LogP contribution in [0.5, 0.6) is 0 Å². The van der Waals surface area contributed by atoms with Crippen LogP contribution < -0.4 is 0 Å². The standard InChI is InChI=1S/C3H6O3S.C3H7O.Na/c1-2-3-7(4,5)6;1-2-3-4;/h2H,1,3H2,(H,4,5,6);4H,1-3H2;. The molecule has 0 saturated heterocycles. The third-order valence-corrected chi connectivity index (χ3v) is 2.20. The summed E-state index contributed by atoms with van der Waals surface area (Å²) in [5.41, 5.74) is 0. The fraction of sp³-hybridized carbons (Fsp3) is 0.667. The summed E-state index contributed by atoms with van der Waals surface area (Å²) in [7, 11) is -3.79. The molecule has 0 aromatic carbocycles. The van der Waals surface area contributed by atoms with E-state index in [2.05, 4.69) is 6.58 Å². The van der Waals surface area contributed by atoms with Gasteiger partial charge in [-0.3, -0.25) is 4.55 Å². The predicted octanol–water partition coefficient (Wildman–Crippen LogP) is 0.0158. The van der Waals surface area contributed by atoms with Gasteiger partial charge in [-0.05, 0) is 0 Å². The van der Waals surface area contributed by atoms with E-state index in [1.165, 1.54) is 31.6 Å². The molecule has 12 heavy (non-hydrogen) atoms. The fourth-order valence-corrected chi connectivity index (χ4v) is 0.921. The average molecular weight is 204 g/mol. The number of hydrogen-bond acceptors (Lipinski definition) is 3. The summed E-state index contributed by atoms with van der Waals surface area (Å²) in [5, 5.41) is 8.09. The monoisotopic (exact) mass is 204 g/mol. The molecule has 0 heterocycles. The molecule has 0 atom stereocenters. The minimum absolute atomic E-state index is 0.368. The molecule has 6 heteroatoms. The van der Waals surface area contributed by atoms with Crippen LogP contribution >= 0.6 is 0 Å². The van der Waals surface area contributed by atoms with E-state index in [0.717, 1.165) is 12.5 Å². The molecule has 0 spiro atoms. The Bertz CT molecular complexity index is 186. The Morgan fingerprint density at radius 1 is 1.50 bits per heavy atom. The van der Waals surface area contributed by atoms with E-state index in [1.807, 2.05) is 0 Å². The summed E-state index contributed by atoms with van der Waals surface area (Å²) >= 11 is 1.24. The molecule has 0 fully saturated rings. The Kier molecular flexibility index (Phi) is 12.2. The van der Waals surface area contributed by atoms with Crippen LogP contribution in [-0.4, -0.2) is 58.4 Å². The Balaban J connectivity index is 0. The van der Waals surface area contributed by atoms with Crippen LogP contribution in [0.3, 0.4) is 0 Å². The summed E-state index contributed by atoms with van der Waals surface area (Å²) in [4.78, 5) is 0. The van der Waals surface area contributed by atoms with Crippen molar-refractivity contribution in [3.8, 4) is 0 Å². The van der Waals surface area contributed by atoms with Crippen molar-refractivity contribution in [3.05, 3.63) is 12.7 Å². The van der Waals surface area contributed by atoms with E-state index >= 15 is 0 Å². The molecule has 0 rings (SSSR count). The van der Waals surface area contributed by atoms with E-state index < -0.39 is 10.1 Å². The maximum atomic E-state index is 9.72. The molecule has 0 saturated carbocycles. The fourth-order valence-electron chi connectivity index (χ4n) is 0.307. The number of aliphatic hydroxyl groups is 1. The van der Waals surface area contributed by atoms with Crippen molar-refractivity contribution < 1.29 is 18.1 Å². The van der Waals surface area contributed by atoms with Gasteiger partial charge in [0.25, 0.3) is 10.1 Å². The van der Waals surface area contributed by atoms with Crippen LogP contribution in [0.2, 0.25) is 3.67 Å². The van der Waals surface area contributed by atoms with Crippen LogP contribution in [0, 0.1) is 0 Å². The molecule has 0 bridgehead atoms. The van der Waals surface area contributed by atoms with Gasteiger partial charge >= 0.3 is 49.7 Å². The molecule has 0 aliphatic heterocycles. The number of aliphatic hydroxyl groups excluding tert-OH is 1. The zero-order chi connectivity index (χ0) is 10.0.